The van der Waals surface area contributed by atoms with Crippen LogP contribution in [0.1, 0.15) is 21.8 Å². The number of nitrogens with one attached hydrogen (secondary N) is 1. The fraction of sp³-hybridized carbons (Fsp3) is 0.182. The highest BCUT2D eigenvalue weighted by molar-refractivity contribution is 9.10. The molecular formula is C11H11BrN4O2. The predicted octanol–water partition coefficient (Wildman–Crippen LogP) is 1.65. The molecule has 2 rings (SSSR count). The Morgan fingerprint density at radius 3 is 3.00 bits per heavy atom. The number of hydrogen-bond donors (Lipinski definition) is 2. The van der Waals surface area contributed by atoms with E-state index in [2.05, 4.69) is 31.4 Å². The van der Waals surface area contributed by atoms with E-state index >= 15 is 0 Å². The second kappa shape index (κ2) is 5.18. The zero-order valence-corrected chi connectivity index (χ0v) is 11.2. The molecule has 18 heavy (non-hydrogen) atoms. The van der Waals surface area contributed by atoms with Crippen molar-refractivity contribution >= 4 is 27.7 Å². The summed E-state index contributed by atoms with van der Waals surface area (Å²) in [5, 5.41) is 6.41. The fourth-order valence-electron chi connectivity index (χ4n) is 1.39. The molecule has 0 radical (unpaired) electrons. The first-order valence-electron chi connectivity index (χ1n) is 5.17. The number of aryl methyl sites for hydroxylation is 1. The van der Waals surface area contributed by atoms with Crippen LogP contribution in [-0.2, 0) is 6.54 Å². The van der Waals surface area contributed by atoms with E-state index in [9.17, 15) is 4.79 Å². The van der Waals surface area contributed by atoms with Crippen LogP contribution in [0.15, 0.2) is 27.3 Å². The van der Waals surface area contributed by atoms with Crippen LogP contribution in [0.5, 0.6) is 0 Å². The van der Waals surface area contributed by atoms with Gasteiger partial charge >= 0.3 is 0 Å². The van der Waals surface area contributed by atoms with Crippen molar-refractivity contribution in [2.24, 2.45) is 0 Å². The molecule has 0 saturated carbocycles. The molecule has 0 atom stereocenters. The van der Waals surface area contributed by atoms with Crippen molar-refractivity contribution in [2.45, 2.75) is 13.5 Å². The van der Waals surface area contributed by atoms with Crippen LogP contribution in [0, 0.1) is 6.92 Å². The maximum absolute atomic E-state index is 11.9. The van der Waals surface area contributed by atoms with E-state index in [1.165, 1.54) is 6.20 Å². The minimum absolute atomic E-state index is 0.185. The molecule has 0 aliphatic rings. The monoisotopic (exact) mass is 310 g/mol. The number of anilines is 1. The number of carbonyl (C=O) groups excluding carboxylic acids is 1. The Balaban J connectivity index is 2.05. The number of nitrogens with zero attached hydrogens (tertiary/aromatic N) is 2. The molecule has 1 amide bonds. The molecule has 0 spiro atoms. The number of hydrogen-bond acceptors (Lipinski definition) is 5. The van der Waals surface area contributed by atoms with Gasteiger partial charge in [-0.15, -0.1) is 0 Å². The third kappa shape index (κ3) is 2.86. The lowest BCUT2D eigenvalue weighted by molar-refractivity contribution is 0.0947. The zero-order chi connectivity index (χ0) is 13.1. The average molecular weight is 311 g/mol. The summed E-state index contributed by atoms with van der Waals surface area (Å²) in [6.45, 7) is 2.07. The molecule has 2 heterocycles. The minimum atomic E-state index is -0.310. The van der Waals surface area contributed by atoms with Gasteiger partial charge in [0.05, 0.1) is 17.8 Å². The van der Waals surface area contributed by atoms with Gasteiger partial charge in [0.15, 0.2) is 5.76 Å². The molecule has 0 fully saturated rings. The number of halogens is 1. The van der Waals surface area contributed by atoms with Crippen LogP contribution in [0.25, 0.3) is 0 Å². The summed E-state index contributed by atoms with van der Waals surface area (Å²) in [6.07, 6.45) is 1.53. The lowest BCUT2D eigenvalue weighted by Crippen LogP contribution is -2.24. The fourth-order valence-corrected chi connectivity index (χ4v) is 1.73. The standard InChI is InChI=1S/C11H11BrN4O2/c1-6-2-8(18-16-6)5-15-11(17)9-3-7(12)4-14-10(9)13/h2-4H,5H2,1H3,(H2,13,14)(H,15,17). The molecule has 94 valence electrons. The molecule has 0 aliphatic heterocycles. The largest absolute Gasteiger partial charge is 0.383 e. The van der Waals surface area contributed by atoms with Gasteiger partial charge in [-0.1, -0.05) is 5.16 Å². The number of amides is 1. The summed E-state index contributed by atoms with van der Waals surface area (Å²) in [5.74, 6) is 0.460. The maximum Gasteiger partial charge on any atom is 0.255 e. The normalized spacial score (nSPS) is 10.3. The summed E-state index contributed by atoms with van der Waals surface area (Å²) in [4.78, 5) is 15.8. The molecule has 0 unspecified atom stereocenters. The average Bonchev–Trinajstić information content (AvgIpc) is 2.75. The molecule has 2 aromatic heterocycles. The number of aromatic nitrogens is 2. The van der Waals surface area contributed by atoms with Crippen LogP contribution in [0.2, 0.25) is 0 Å². The third-order valence-corrected chi connectivity index (χ3v) is 2.66. The molecular weight excluding hydrogens is 300 g/mol. The van der Waals surface area contributed by atoms with Crippen molar-refractivity contribution in [1.29, 1.82) is 0 Å². The van der Waals surface area contributed by atoms with Crippen molar-refractivity contribution in [3.8, 4) is 0 Å². The van der Waals surface area contributed by atoms with E-state index < -0.39 is 0 Å². The lowest BCUT2D eigenvalue weighted by atomic mass is 10.2. The second-order valence-electron chi connectivity index (χ2n) is 3.70. The molecule has 7 heteroatoms. The van der Waals surface area contributed by atoms with E-state index in [1.54, 1.807) is 12.1 Å². The summed E-state index contributed by atoms with van der Waals surface area (Å²) < 4.78 is 5.68. The highest BCUT2D eigenvalue weighted by atomic mass is 79.9. The maximum atomic E-state index is 11.9. The van der Waals surface area contributed by atoms with Crippen molar-refractivity contribution in [3.63, 3.8) is 0 Å². The van der Waals surface area contributed by atoms with Crippen LogP contribution >= 0.6 is 15.9 Å². The van der Waals surface area contributed by atoms with Gasteiger partial charge in [0.1, 0.15) is 5.82 Å². The summed E-state index contributed by atoms with van der Waals surface area (Å²) >= 11 is 3.24. The molecule has 3 N–H and O–H groups in total. The van der Waals surface area contributed by atoms with Crippen molar-refractivity contribution in [1.82, 2.24) is 15.5 Å². The van der Waals surface area contributed by atoms with Crippen LogP contribution in [0.4, 0.5) is 5.82 Å². The van der Waals surface area contributed by atoms with Gasteiger partial charge in [-0.3, -0.25) is 4.79 Å². The van der Waals surface area contributed by atoms with E-state index in [0.717, 1.165) is 5.69 Å². The van der Waals surface area contributed by atoms with Gasteiger partial charge in [0.2, 0.25) is 0 Å². The predicted molar refractivity (Wildman–Crippen MR) is 68.8 cm³/mol. The highest BCUT2D eigenvalue weighted by Crippen LogP contribution is 2.15. The number of rotatable bonds is 3. The third-order valence-electron chi connectivity index (χ3n) is 2.23. The first kappa shape index (κ1) is 12.6. The number of nitrogen functional groups attached to an aromatic ring is 1. The van der Waals surface area contributed by atoms with Gasteiger partial charge in [-0.2, -0.15) is 0 Å². The first-order chi connectivity index (χ1) is 8.56. The van der Waals surface area contributed by atoms with Crippen LogP contribution < -0.4 is 11.1 Å². The minimum Gasteiger partial charge on any atom is -0.383 e. The number of pyridine rings is 1. The number of nitrogens with two attached hydrogens (primary N) is 1. The van der Waals surface area contributed by atoms with Gasteiger partial charge in [0, 0.05) is 16.7 Å². The molecule has 6 nitrogen and oxygen atoms in total. The molecule has 0 saturated heterocycles. The topological polar surface area (TPSA) is 94.0 Å². The molecule has 0 aromatic carbocycles. The Labute approximate surface area is 112 Å². The quantitative estimate of drug-likeness (QED) is 0.899. The second-order valence-corrected chi connectivity index (χ2v) is 4.62. The smallest absolute Gasteiger partial charge is 0.255 e. The van der Waals surface area contributed by atoms with E-state index in [-0.39, 0.29) is 18.3 Å². The molecule has 2 aromatic rings. The lowest BCUT2D eigenvalue weighted by Gasteiger charge is -2.05. The van der Waals surface area contributed by atoms with E-state index in [0.29, 0.717) is 15.8 Å². The highest BCUT2D eigenvalue weighted by Gasteiger charge is 2.12. The Morgan fingerprint density at radius 1 is 1.56 bits per heavy atom. The van der Waals surface area contributed by atoms with E-state index in [1.807, 2.05) is 6.92 Å². The Morgan fingerprint density at radius 2 is 2.33 bits per heavy atom. The van der Waals surface area contributed by atoms with Crippen molar-refractivity contribution < 1.29 is 9.32 Å². The zero-order valence-electron chi connectivity index (χ0n) is 9.61. The van der Waals surface area contributed by atoms with Crippen molar-refractivity contribution in [3.05, 3.63) is 39.8 Å². The summed E-state index contributed by atoms with van der Waals surface area (Å²) in [6, 6.07) is 3.37. The van der Waals surface area contributed by atoms with Gasteiger partial charge < -0.3 is 15.6 Å². The van der Waals surface area contributed by atoms with E-state index in [4.69, 9.17) is 10.3 Å². The number of carbonyl (C=O) groups is 1. The van der Waals surface area contributed by atoms with Gasteiger partial charge in [0.25, 0.3) is 5.91 Å². The summed E-state index contributed by atoms with van der Waals surface area (Å²) in [5.41, 5.74) is 6.72. The Bertz CT molecular complexity index is 582. The van der Waals surface area contributed by atoms with Crippen LogP contribution in [-0.4, -0.2) is 16.0 Å². The first-order valence-corrected chi connectivity index (χ1v) is 5.97. The van der Waals surface area contributed by atoms with Crippen LogP contribution in [0.3, 0.4) is 0 Å². The Kier molecular flexibility index (Phi) is 3.61. The summed E-state index contributed by atoms with van der Waals surface area (Å²) in [7, 11) is 0. The van der Waals surface area contributed by atoms with Crippen molar-refractivity contribution in [2.75, 3.05) is 5.73 Å². The molecule has 0 aliphatic carbocycles. The van der Waals surface area contributed by atoms with Gasteiger partial charge in [-0.25, -0.2) is 4.98 Å². The van der Waals surface area contributed by atoms with Gasteiger partial charge in [-0.05, 0) is 28.9 Å². The Hall–Kier alpha value is -1.89. The SMILES string of the molecule is Cc1cc(CNC(=O)c2cc(Br)cnc2N)on1. The molecule has 0 bridgehead atoms.